The Balaban J connectivity index is 1.36. The van der Waals surface area contributed by atoms with Crippen molar-refractivity contribution in [2.45, 2.75) is 18.2 Å². The molecule has 176 valence electrons. The summed E-state index contributed by atoms with van der Waals surface area (Å²) in [5.74, 6) is 2.57. The van der Waals surface area contributed by atoms with E-state index >= 15 is 0 Å². The van der Waals surface area contributed by atoms with E-state index in [-0.39, 0.29) is 5.91 Å². The molecule has 6 nitrogen and oxygen atoms in total. The number of methoxy groups -OCH3 is 2. The van der Waals surface area contributed by atoms with Gasteiger partial charge in [-0.05, 0) is 73.5 Å². The van der Waals surface area contributed by atoms with E-state index in [1.54, 1.807) is 55.5 Å². The van der Waals surface area contributed by atoms with Crippen molar-refractivity contribution in [3.05, 3.63) is 71.3 Å². The van der Waals surface area contributed by atoms with Crippen LogP contribution in [0.2, 0.25) is 0 Å². The number of aryl methyl sites for hydroxylation is 2. The molecule has 0 bridgehead atoms. The second-order valence-electron chi connectivity index (χ2n) is 7.71. The predicted octanol–water partition coefficient (Wildman–Crippen LogP) is 6.35. The smallest absolute Gasteiger partial charge is 0.255 e. The molecular formula is C26H26N2O4S2. The predicted molar refractivity (Wildman–Crippen MR) is 139 cm³/mol. The fraction of sp³-hybridized carbons (Fsp3) is 0.231. The van der Waals surface area contributed by atoms with Crippen molar-refractivity contribution in [3.63, 3.8) is 0 Å². The van der Waals surface area contributed by atoms with Gasteiger partial charge in [-0.1, -0.05) is 17.8 Å². The quantitative estimate of drug-likeness (QED) is 0.216. The minimum absolute atomic E-state index is 0.219. The summed E-state index contributed by atoms with van der Waals surface area (Å²) in [7, 11) is 3.11. The van der Waals surface area contributed by atoms with Crippen molar-refractivity contribution in [2.75, 3.05) is 31.9 Å². The van der Waals surface area contributed by atoms with Gasteiger partial charge in [0.25, 0.3) is 5.91 Å². The van der Waals surface area contributed by atoms with E-state index in [1.807, 2.05) is 30.3 Å². The first-order chi connectivity index (χ1) is 16.4. The molecule has 3 aromatic carbocycles. The maximum Gasteiger partial charge on any atom is 0.255 e. The van der Waals surface area contributed by atoms with Crippen molar-refractivity contribution < 1.29 is 19.0 Å². The number of carbonyl (C=O) groups excluding carboxylic acids is 1. The largest absolute Gasteiger partial charge is 0.493 e. The number of aromatic nitrogens is 1. The summed E-state index contributed by atoms with van der Waals surface area (Å²) in [6.45, 7) is 4.75. The number of thioether (sulfide) groups is 1. The molecule has 4 aromatic rings. The first-order valence-corrected chi connectivity index (χ1v) is 12.5. The second kappa shape index (κ2) is 10.8. The number of nitrogens with one attached hydrogen (secondary N) is 1. The molecule has 8 heteroatoms. The van der Waals surface area contributed by atoms with Gasteiger partial charge in [0.05, 0.1) is 31.0 Å². The molecule has 0 fully saturated rings. The summed E-state index contributed by atoms with van der Waals surface area (Å²) in [5, 5.41) is 2.94. The van der Waals surface area contributed by atoms with Crippen molar-refractivity contribution in [3.8, 4) is 17.2 Å². The minimum atomic E-state index is -0.219. The van der Waals surface area contributed by atoms with Crippen molar-refractivity contribution in [2.24, 2.45) is 0 Å². The van der Waals surface area contributed by atoms with Crippen LogP contribution in [0.4, 0.5) is 5.69 Å². The average Bonchev–Trinajstić information content (AvgIpc) is 3.22. The topological polar surface area (TPSA) is 69.7 Å². The molecule has 34 heavy (non-hydrogen) atoms. The Morgan fingerprint density at radius 1 is 0.971 bits per heavy atom. The molecule has 1 heterocycles. The van der Waals surface area contributed by atoms with Crippen LogP contribution in [0.1, 0.15) is 21.5 Å². The zero-order valence-corrected chi connectivity index (χ0v) is 21.1. The third-order valence-corrected chi connectivity index (χ3v) is 7.17. The van der Waals surface area contributed by atoms with E-state index in [9.17, 15) is 4.79 Å². The van der Waals surface area contributed by atoms with Crippen LogP contribution in [0.5, 0.6) is 17.2 Å². The first-order valence-electron chi connectivity index (χ1n) is 10.7. The lowest BCUT2D eigenvalue weighted by Gasteiger charge is -2.10. The van der Waals surface area contributed by atoms with Crippen LogP contribution in [0.15, 0.2) is 58.9 Å². The number of benzene rings is 3. The van der Waals surface area contributed by atoms with Gasteiger partial charge in [0.2, 0.25) is 0 Å². The summed E-state index contributed by atoms with van der Waals surface area (Å²) in [4.78, 5) is 17.4. The molecular weight excluding hydrogens is 468 g/mol. The van der Waals surface area contributed by atoms with Crippen LogP contribution >= 0.6 is 23.1 Å². The highest BCUT2D eigenvalue weighted by atomic mass is 32.2. The summed E-state index contributed by atoms with van der Waals surface area (Å²) < 4.78 is 18.4. The summed E-state index contributed by atoms with van der Waals surface area (Å²) >= 11 is 3.27. The van der Waals surface area contributed by atoms with E-state index in [0.717, 1.165) is 26.1 Å². The molecule has 0 aliphatic carbocycles. The molecule has 0 atom stereocenters. The molecule has 0 radical (unpaired) electrons. The Morgan fingerprint density at radius 3 is 2.47 bits per heavy atom. The van der Waals surface area contributed by atoms with Gasteiger partial charge in [-0.2, -0.15) is 0 Å². The van der Waals surface area contributed by atoms with Gasteiger partial charge < -0.3 is 19.5 Å². The van der Waals surface area contributed by atoms with Crippen LogP contribution in [0.3, 0.4) is 0 Å². The lowest BCUT2D eigenvalue weighted by atomic mass is 10.1. The van der Waals surface area contributed by atoms with E-state index in [1.165, 1.54) is 11.1 Å². The normalized spacial score (nSPS) is 10.8. The number of anilines is 1. The Kier molecular flexibility index (Phi) is 7.59. The summed E-state index contributed by atoms with van der Waals surface area (Å²) in [6.07, 6.45) is 0. The molecule has 0 saturated carbocycles. The molecule has 1 amide bonds. The number of nitrogens with zero attached hydrogens (tertiary/aromatic N) is 1. The van der Waals surface area contributed by atoms with Crippen molar-refractivity contribution in [1.29, 1.82) is 0 Å². The fourth-order valence-electron chi connectivity index (χ4n) is 3.53. The van der Waals surface area contributed by atoms with Gasteiger partial charge in [-0.25, -0.2) is 4.98 Å². The van der Waals surface area contributed by atoms with E-state index in [0.29, 0.717) is 29.4 Å². The van der Waals surface area contributed by atoms with E-state index < -0.39 is 0 Å². The maximum atomic E-state index is 12.7. The summed E-state index contributed by atoms with van der Waals surface area (Å²) in [6, 6.07) is 17.0. The second-order valence-corrected chi connectivity index (χ2v) is 10.1. The molecule has 1 aromatic heterocycles. The standard InChI is InChI=1S/C26H26N2O4S2/c1-16-11-17(2)13-20(12-16)32-9-10-33-26-28-21-7-6-19(15-24(21)34-26)27-25(29)18-5-8-22(30-3)23(14-18)31-4/h5-8,11-15H,9-10H2,1-4H3,(H,27,29). The zero-order valence-electron chi connectivity index (χ0n) is 19.5. The van der Waals surface area contributed by atoms with Gasteiger partial charge >= 0.3 is 0 Å². The van der Waals surface area contributed by atoms with Crippen molar-refractivity contribution >= 4 is 44.9 Å². The number of carbonyl (C=O) groups is 1. The van der Waals surface area contributed by atoms with Gasteiger partial charge in [-0.15, -0.1) is 11.3 Å². The van der Waals surface area contributed by atoms with E-state index in [4.69, 9.17) is 14.2 Å². The molecule has 0 aliphatic heterocycles. The molecule has 4 rings (SSSR count). The Hall–Kier alpha value is -3.23. The minimum Gasteiger partial charge on any atom is -0.493 e. The van der Waals surface area contributed by atoms with Gasteiger partial charge in [-0.3, -0.25) is 4.79 Å². The number of amides is 1. The molecule has 1 N–H and O–H groups in total. The number of fused-ring (bicyclic) bond motifs is 1. The lowest BCUT2D eigenvalue weighted by Crippen LogP contribution is -2.12. The highest BCUT2D eigenvalue weighted by Crippen LogP contribution is 2.32. The number of thiazole rings is 1. The van der Waals surface area contributed by atoms with Crippen LogP contribution < -0.4 is 19.5 Å². The Morgan fingerprint density at radius 2 is 1.74 bits per heavy atom. The number of hydrogen-bond acceptors (Lipinski definition) is 7. The lowest BCUT2D eigenvalue weighted by molar-refractivity contribution is 0.102. The fourth-order valence-corrected chi connectivity index (χ4v) is 5.52. The Labute approximate surface area is 207 Å². The molecule has 0 unspecified atom stereocenters. The van der Waals surface area contributed by atoms with Crippen molar-refractivity contribution in [1.82, 2.24) is 4.98 Å². The number of ether oxygens (including phenoxy) is 3. The SMILES string of the molecule is COc1ccc(C(=O)Nc2ccc3nc(SCCOc4cc(C)cc(C)c4)sc3c2)cc1OC. The van der Waals surface area contributed by atoms with Gasteiger partial charge in [0.15, 0.2) is 15.8 Å². The van der Waals surface area contributed by atoms with Crippen LogP contribution in [-0.4, -0.2) is 37.5 Å². The summed E-state index contributed by atoms with van der Waals surface area (Å²) in [5.41, 5.74) is 4.50. The molecule has 0 spiro atoms. The monoisotopic (exact) mass is 494 g/mol. The highest BCUT2D eigenvalue weighted by molar-refractivity contribution is 8.01. The highest BCUT2D eigenvalue weighted by Gasteiger charge is 2.12. The average molecular weight is 495 g/mol. The van der Waals surface area contributed by atoms with Gasteiger partial charge in [0, 0.05) is 17.0 Å². The zero-order chi connectivity index (χ0) is 24.1. The van der Waals surface area contributed by atoms with Crippen LogP contribution in [-0.2, 0) is 0 Å². The number of hydrogen-bond donors (Lipinski definition) is 1. The molecule has 0 saturated heterocycles. The van der Waals surface area contributed by atoms with E-state index in [2.05, 4.69) is 30.2 Å². The third-order valence-electron chi connectivity index (χ3n) is 5.05. The first kappa shape index (κ1) is 23.9. The Bertz CT molecular complexity index is 1300. The van der Waals surface area contributed by atoms with Crippen LogP contribution in [0.25, 0.3) is 10.2 Å². The third kappa shape index (κ3) is 5.81. The van der Waals surface area contributed by atoms with Crippen LogP contribution in [0, 0.1) is 13.8 Å². The maximum absolute atomic E-state index is 12.7. The van der Waals surface area contributed by atoms with Gasteiger partial charge in [0.1, 0.15) is 5.75 Å². The number of rotatable bonds is 9. The molecule has 0 aliphatic rings.